The van der Waals surface area contributed by atoms with Crippen LogP contribution in [0.5, 0.6) is 17.2 Å². The Morgan fingerprint density at radius 2 is 1.54 bits per heavy atom. The van der Waals surface area contributed by atoms with E-state index in [9.17, 15) is 0 Å². The lowest BCUT2D eigenvalue weighted by molar-refractivity contribution is 0.111. The smallest absolute Gasteiger partial charge is 0.203 e. The predicted molar refractivity (Wildman–Crippen MR) is 104 cm³/mol. The van der Waals surface area contributed by atoms with Gasteiger partial charge in [0.1, 0.15) is 0 Å². The summed E-state index contributed by atoms with van der Waals surface area (Å²) >= 11 is 0. The third kappa shape index (κ3) is 4.71. The van der Waals surface area contributed by atoms with Crippen molar-refractivity contribution in [2.45, 2.75) is 25.8 Å². The minimum atomic E-state index is 0.658. The van der Waals surface area contributed by atoms with Gasteiger partial charge in [-0.2, -0.15) is 0 Å². The maximum Gasteiger partial charge on any atom is 0.203 e. The van der Waals surface area contributed by atoms with Gasteiger partial charge in [0.05, 0.1) is 21.3 Å². The van der Waals surface area contributed by atoms with Crippen LogP contribution < -0.4 is 14.2 Å². The van der Waals surface area contributed by atoms with Gasteiger partial charge in [-0.25, -0.2) is 0 Å². The van der Waals surface area contributed by atoms with E-state index >= 15 is 0 Å². The van der Waals surface area contributed by atoms with Gasteiger partial charge in [0.2, 0.25) is 5.75 Å². The summed E-state index contributed by atoms with van der Waals surface area (Å²) in [7, 11) is 4.97. The first-order valence-corrected chi connectivity index (χ1v) is 9.62. The number of methoxy groups -OCH3 is 3. The first-order chi connectivity index (χ1) is 12.7. The van der Waals surface area contributed by atoms with E-state index < -0.39 is 0 Å². The van der Waals surface area contributed by atoms with Gasteiger partial charge in [-0.15, -0.1) is 0 Å². The fourth-order valence-corrected chi connectivity index (χ4v) is 4.00. The van der Waals surface area contributed by atoms with Crippen LogP contribution in [-0.4, -0.2) is 63.9 Å². The van der Waals surface area contributed by atoms with Crippen LogP contribution in [-0.2, 0) is 6.54 Å². The number of hydrogen-bond acceptors (Lipinski definition) is 5. The molecule has 1 aliphatic heterocycles. The molecule has 5 nitrogen and oxygen atoms in total. The average Bonchev–Trinajstić information content (AvgIpc) is 2.69. The number of ether oxygens (including phenoxy) is 3. The first kappa shape index (κ1) is 19.1. The number of hydrogen-bond donors (Lipinski definition) is 0. The molecule has 0 N–H and O–H groups in total. The number of allylic oxidation sites excluding steroid dienone is 2. The molecule has 1 aromatic carbocycles. The molecule has 5 heteroatoms. The van der Waals surface area contributed by atoms with Crippen LogP contribution in [0.1, 0.15) is 24.8 Å². The molecule has 144 valence electrons. The Labute approximate surface area is 157 Å². The summed E-state index contributed by atoms with van der Waals surface area (Å²) < 4.78 is 16.4. The molecule has 1 saturated heterocycles. The quantitative estimate of drug-likeness (QED) is 0.698. The molecule has 0 saturated carbocycles. The molecule has 2 aliphatic rings. The van der Waals surface area contributed by atoms with Crippen molar-refractivity contribution in [1.82, 2.24) is 9.80 Å². The molecule has 3 rings (SSSR count). The van der Waals surface area contributed by atoms with E-state index in [0.717, 1.165) is 50.1 Å². The summed E-state index contributed by atoms with van der Waals surface area (Å²) in [5, 5.41) is 0. The minimum Gasteiger partial charge on any atom is -0.493 e. The average molecular weight is 360 g/mol. The van der Waals surface area contributed by atoms with Gasteiger partial charge in [-0.3, -0.25) is 4.90 Å². The molecule has 0 spiro atoms. The number of nitrogens with zero attached hydrogens (tertiary/aromatic N) is 2. The van der Waals surface area contributed by atoms with Gasteiger partial charge >= 0.3 is 0 Å². The summed E-state index contributed by atoms with van der Waals surface area (Å²) in [6.07, 6.45) is 8.54. The van der Waals surface area contributed by atoms with Crippen molar-refractivity contribution in [3.05, 3.63) is 29.8 Å². The Hall–Kier alpha value is -1.72. The van der Waals surface area contributed by atoms with Crippen molar-refractivity contribution in [1.29, 1.82) is 0 Å². The van der Waals surface area contributed by atoms with Gasteiger partial charge in [-0.1, -0.05) is 12.2 Å². The van der Waals surface area contributed by atoms with Gasteiger partial charge in [0, 0.05) is 39.3 Å². The molecule has 1 aliphatic carbocycles. The van der Waals surface area contributed by atoms with E-state index in [1.165, 1.54) is 31.4 Å². The Morgan fingerprint density at radius 1 is 0.885 bits per heavy atom. The maximum atomic E-state index is 5.47. The molecule has 0 unspecified atom stereocenters. The van der Waals surface area contributed by atoms with Crippen molar-refractivity contribution in [3.8, 4) is 17.2 Å². The van der Waals surface area contributed by atoms with Crippen molar-refractivity contribution in [2.24, 2.45) is 5.92 Å². The van der Waals surface area contributed by atoms with Crippen LogP contribution in [0.2, 0.25) is 0 Å². The molecule has 0 radical (unpaired) electrons. The Balaban J connectivity index is 1.55. The standard InChI is InChI=1S/C21H32N2O3/c1-24-19-13-18(14-20(25-2)21(19)26-3)16-23-11-9-22(10-12-23)15-17-7-5-4-6-8-17/h4-5,13-14,17H,6-12,15-16H2,1-3H3/t17-/m1/s1. The summed E-state index contributed by atoms with van der Waals surface area (Å²) in [5.41, 5.74) is 1.20. The van der Waals surface area contributed by atoms with Crippen LogP contribution in [0.15, 0.2) is 24.3 Å². The monoisotopic (exact) mass is 360 g/mol. The minimum absolute atomic E-state index is 0.658. The van der Waals surface area contributed by atoms with E-state index in [2.05, 4.69) is 34.1 Å². The van der Waals surface area contributed by atoms with Crippen LogP contribution in [0.3, 0.4) is 0 Å². The lowest BCUT2D eigenvalue weighted by atomic mass is 9.94. The predicted octanol–water partition coefficient (Wildman–Crippen LogP) is 3.19. The van der Waals surface area contributed by atoms with Gasteiger partial charge in [-0.05, 0) is 42.9 Å². The Kier molecular flexibility index (Phi) is 6.80. The topological polar surface area (TPSA) is 34.2 Å². The normalized spacial score (nSPS) is 21.6. The maximum absolute atomic E-state index is 5.47. The van der Waals surface area contributed by atoms with E-state index in [-0.39, 0.29) is 0 Å². The summed E-state index contributed by atoms with van der Waals surface area (Å²) in [6.45, 7) is 6.70. The van der Waals surface area contributed by atoms with E-state index in [1.807, 2.05) is 0 Å². The fourth-order valence-electron chi connectivity index (χ4n) is 4.00. The SMILES string of the molecule is COc1cc(CN2CCN(C[C@@H]3CC=CCC3)CC2)cc(OC)c1OC. The Morgan fingerprint density at radius 3 is 2.08 bits per heavy atom. The third-order valence-electron chi connectivity index (χ3n) is 5.49. The lowest BCUT2D eigenvalue weighted by Crippen LogP contribution is -2.47. The molecule has 1 atom stereocenters. The highest BCUT2D eigenvalue weighted by molar-refractivity contribution is 5.53. The molecule has 0 amide bonds. The van der Waals surface area contributed by atoms with Gasteiger partial charge < -0.3 is 19.1 Å². The van der Waals surface area contributed by atoms with E-state index in [0.29, 0.717) is 5.75 Å². The zero-order valence-electron chi connectivity index (χ0n) is 16.4. The van der Waals surface area contributed by atoms with Crippen LogP contribution in [0, 0.1) is 5.92 Å². The van der Waals surface area contributed by atoms with Crippen molar-refractivity contribution >= 4 is 0 Å². The molecule has 26 heavy (non-hydrogen) atoms. The van der Waals surface area contributed by atoms with Gasteiger partial charge in [0.15, 0.2) is 11.5 Å². The summed E-state index contributed by atoms with van der Waals surface area (Å²) in [6, 6.07) is 4.12. The van der Waals surface area contributed by atoms with Gasteiger partial charge in [0.25, 0.3) is 0 Å². The molecule has 1 aromatic rings. The molecule has 1 fully saturated rings. The van der Waals surface area contributed by atoms with Crippen LogP contribution >= 0.6 is 0 Å². The highest BCUT2D eigenvalue weighted by Gasteiger charge is 2.21. The highest BCUT2D eigenvalue weighted by Crippen LogP contribution is 2.38. The van der Waals surface area contributed by atoms with Crippen LogP contribution in [0.4, 0.5) is 0 Å². The third-order valence-corrected chi connectivity index (χ3v) is 5.49. The second-order valence-corrected chi connectivity index (χ2v) is 7.26. The van der Waals surface area contributed by atoms with Crippen molar-refractivity contribution in [3.63, 3.8) is 0 Å². The molecule has 0 aromatic heterocycles. The molecule has 0 bridgehead atoms. The van der Waals surface area contributed by atoms with Crippen molar-refractivity contribution in [2.75, 3.05) is 54.1 Å². The zero-order valence-corrected chi connectivity index (χ0v) is 16.4. The number of rotatable bonds is 7. The Bertz CT molecular complexity index is 584. The number of benzene rings is 1. The molecular formula is C21H32N2O3. The van der Waals surface area contributed by atoms with Crippen molar-refractivity contribution < 1.29 is 14.2 Å². The summed E-state index contributed by atoms with van der Waals surface area (Å²) in [4.78, 5) is 5.15. The number of piperazine rings is 1. The second-order valence-electron chi connectivity index (χ2n) is 7.26. The largest absolute Gasteiger partial charge is 0.493 e. The fraction of sp³-hybridized carbons (Fsp3) is 0.619. The lowest BCUT2D eigenvalue weighted by Gasteiger charge is -2.36. The first-order valence-electron chi connectivity index (χ1n) is 9.62. The second kappa shape index (κ2) is 9.28. The summed E-state index contributed by atoms with van der Waals surface area (Å²) in [5.74, 6) is 2.96. The zero-order chi connectivity index (χ0) is 18.4. The highest BCUT2D eigenvalue weighted by atomic mass is 16.5. The molecular weight excluding hydrogens is 328 g/mol. The van der Waals surface area contributed by atoms with Crippen LogP contribution in [0.25, 0.3) is 0 Å². The molecule has 1 heterocycles. The van der Waals surface area contributed by atoms with E-state index in [4.69, 9.17) is 14.2 Å². The van der Waals surface area contributed by atoms with E-state index in [1.54, 1.807) is 21.3 Å².